The van der Waals surface area contributed by atoms with E-state index in [4.69, 9.17) is 9.47 Å². The van der Waals surface area contributed by atoms with Gasteiger partial charge < -0.3 is 20.1 Å². The van der Waals surface area contributed by atoms with E-state index in [-0.39, 0.29) is 6.03 Å². The zero-order valence-corrected chi connectivity index (χ0v) is 10.1. The Kier molecular flexibility index (Phi) is 2.96. The van der Waals surface area contributed by atoms with Crippen LogP contribution in [0.4, 0.5) is 4.79 Å². The number of nitrogens with one attached hydrogen (secondary N) is 2. The number of rotatable bonds is 3. The van der Waals surface area contributed by atoms with Gasteiger partial charge in [-0.25, -0.2) is 4.79 Å². The van der Waals surface area contributed by atoms with Crippen molar-refractivity contribution in [1.29, 1.82) is 0 Å². The minimum absolute atomic E-state index is 0.119. The summed E-state index contributed by atoms with van der Waals surface area (Å²) in [4.78, 5) is 11.5. The second-order valence-electron chi connectivity index (χ2n) is 4.54. The van der Waals surface area contributed by atoms with Crippen LogP contribution in [0.2, 0.25) is 0 Å². The normalized spacial score (nSPS) is 17.1. The van der Waals surface area contributed by atoms with Crippen molar-refractivity contribution in [3.8, 4) is 11.5 Å². The highest BCUT2D eigenvalue weighted by molar-refractivity contribution is 5.74. The van der Waals surface area contributed by atoms with Gasteiger partial charge in [-0.15, -0.1) is 0 Å². The molecule has 0 radical (unpaired) electrons. The van der Waals surface area contributed by atoms with Crippen LogP contribution in [-0.4, -0.2) is 25.3 Å². The molecule has 0 aromatic heterocycles. The van der Waals surface area contributed by atoms with Crippen LogP contribution >= 0.6 is 0 Å². The summed E-state index contributed by atoms with van der Waals surface area (Å²) in [6.07, 6.45) is 2.18. The molecule has 0 atom stereocenters. The molecule has 2 amide bonds. The number of carbonyl (C=O) groups is 1. The van der Waals surface area contributed by atoms with Crippen LogP contribution in [0.25, 0.3) is 0 Å². The van der Waals surface area contributed by atoms with Crippen LogP contribution < -0.4 is 20.1 Å². The van der Waals surface area contributed by atoms with Crippen molar-refractivity contribution in [1.82, 2.24) is 10.6 Å². The lowest BCUT2D eigenvalue weighted by molar-refractivity contribution is 0.169. The number of hydrogen-bond acceptors (Lipinski definition) is 3. The maximum Gasteiger partial charge on any atom is 0.315 e. The highest BCUT2D eigenvalue weighted by atomic mass is 16.6. The van der Waals surface area contributed by atoms with E-state index in [0.717, 1.165) is 29.9 Å². The number of amides is 2. The van der Waals surface area contributed by atoms with E-state index in [1.807, 2.05) is 18.2 Å². The van der Waals surface area contributed by atoms with Crippen molar-refractivity contribution in [3.63, 3.8) is 0 Å². The first-order valence-electron chi connectivity index (χ1n) is 6.25. The van der Waals surface area contributed by atoms with E-state index in [1.165, 1.54) is 0 Å². The number of ether oxygens (including phenoxy) is 2. The van der Waals surface area contributed by atoms with Gasteiger partial charge in [-0.2, -0.15) is 0 Å². The summed E-state index contributed by atoms with van der Waals surface area (Å²) in [6, 6.07) is 5.97. The Morgan fingerprint density at radius 3 is 2.94 bits per heavy atom. The maximum absolute atomic E-state index is 11.5. The van der Waals surface area contributed by atoms with E-state index < -0.39 is 0 Å². The smallest absolute Gasteiger partial charge is 0.315 e. The van der Waals surface area contributed by atoms with Crippen LogP contribution in [0.15, 0.2) is 18.2 Å². The number of fused-ring (bicyclic) bond motifs is 1. The monoisotopic (exact) mass is 248 g/mol. The van der Waals surface area contributed by atoms with Gasteiger partial charge in [-0.1, -0.05) is 12.1 Å². The molecule has 1 heterocycles. The van der Waals surface area contributed by atoms with Gasteiger partial charge in [0, 0.05) is 18.2 Å². The molecule has 1 fully saturated rings. The molecule has 1 saturated carbocycles. The van der Waals surface area contributed by atoms with Gasteiger partial charge >= 0.3 is 6.03 Å². The van der Waals surface area contributed by atoms with Crippen molar-refractivity contribution in [3.05, 3.63) is 23.8 Å². The number of hydrogen-bond donors (Lipinski definition) is 2. The van der Waals surface area contributed by atoms with E-state index in [2.05, 4.69) is 10.6 Å². The van der Waals surface area contributed by atoms with Gasteiger partial charge in [0.1, 0.15) is 13.2 Å². The average Bonchev–Trinajstić information content (AvgIpc) is 3.20. The summed E-state index contributed by atoms with van der Waals surface area (Å²) < 4.78 is 11.1. The summed E-state index contributed by atoms with van der Waals surface area (Å²) in [6.45, 7) is 1.58. The third kappa shape index (κ3) is 2.50. The molecule has 0 unspecified atom stereocenters. The zero-order valence-electron chi connectivity index (χ0n) is 10.1. The second kappa shape index (κ2) is 4.76. The molecule has 1 aliphatic carbocycles. The average molecular weight is 248 g/mol. The van der Waals surface area contributed by atoms with Crippen LogP contribution in [0.1, 0.15) is 18.4 Å². The van der Waals surface area contributed by atoms with Gasteiger partial charge in [0.05, 0.1) is 0 Å². The molecule has 18 heavy (non-hydrogen) atoms. The predicted octanol–water partition coefficient (Wildman–Crippen LogP) is 1.42. The summed E-state index contributed by atoms with van der Waals surface area (Å²) in [5.41, 5.74) is 0.943. The largest absolute Gasteiger partial charge is 0.486 e. The molecule has 2 aliphatic rings. The molecule has 0 saturated heterocycles. The van der Waals surface area contributed by atoms with E-state index in [0.29, 0.717) is 25.8 Å². The molecule has 0 spiro atoms. The van der Waals surface area contributed by atoms with Crippen LogP contribution in [0.5, 0.6) is 11.5 Å². The van der Waals surface area contributed by atoms with Gasteiger partial charge in [0.25, 0.3) is 0 Å². The van der Waals surface area contributed by atoms with E-state index in [1.54, 1.807) is 0 Å². The SMILES string of the molecule is O=C(NCc1cccc2c1OCCO2)NC1CC1. The van der Waals surface area contributed by atoms with E-state index in [9.17, 15) is 4.79 Å². The molecule has 5 nitrogen and oxygen atoms in total. The Labute approximate surface area is 105 Å². The number of benzene rings is 1. The third-order valence-corrected chi connectivity index (χ3v) is 3.00. The minimum atomic E-state index is -0.119. The molecule has 5 heteroatoms. The summed E-state index contributed by atoms with van der Waals surface area (Å²) in [5.74, 6) is 1.50. The molecule has 3 rings (SSSR count). The van der Waals surface area contributed by atoms with Crippen LogP contribution in [-0.2, 0) is 6.54 Å². The number of para-hydroxylation sites is 1. The fourth-order valence-corrected chi connectivity index (χ4v) is 1.91. The highest BCUT2D eigenvalue weighted by Crippen LogP contribution is 2.33. The molecule has 96 valence electrons. The van der Waals surface area contributed by atoms with Crippen molar-refractivity contribution in [2.24, 2.45) is 0 Å². The quantitative estimate of drug-likeness (QED) is 0.850. The van der Waals surface area contributed by atoms with Crippen LogP contribution in [0, 0.1) is 0 Å². The lowest BCUT2D eigenvalue weighted by Crippen LogP contribution is -2.36. The Hall–Kier alpha value is -1.91. The Morgan fingerprint density at radius 2 is 2.11 bits per heavy atom. The van der Waals surface area contributed by atoms with Gasteiger partial charge in [0.2, 0.25) is 0 Å². The fourth-order valence-electron chi connectivity index (χ4n) is 1.91. The Morgan fingerprint density at radius 1 is 1.28 bits per heavy atom. The van der Waals surface area contributed by atoms with Crippen molar-refractivity contribution < 1.29 is 14.3 Å². The lowest BCUT2D eigenvalue weighted by atomic mass is 10.1. The fraction of sp³-hybridized carbons (Fsp3) is 0.462. The number of urea groups is 1. The molecule has 2 N–H and O–H groups in total. The Balaban J connectivity index is 1.63. The molecule has 1 aromatic carbocycles. The summed E-state index contributed by atoms with van der Waals surface area (Å²) in [5, 5.41) is 5.72. The van der Waals surface area contributed by atoms with Crippen LogP contribution in [0.3, 0.4) is 0 Å². The van der Waals surface area contributed by atoms with Gasteiger partial charge in [-0.05, 0) is 18.9 Å². The standard InChI is InChI=1S/C13H16N2O3/c16-13(15-10-4-5-10)14-8-9-2-1-3-11-12(9)18-7-6-17-11/h1-3,10H,4-8H2,(H2,14,15,16). The van der Waals surface area contributed by atoms with Gasteiger partial charge in [-0.3, -0.25) is 0 Å². The van der Waals surface area contributed by atoms with Crippen molar-refractivity contribution >= 4 is 6.03 Å². The molecule has 1 aromatic rings. The predicted molar refractivity (Wildman–Crippen MR) is 65.8 cm³/mol. The van der Waals surface area contributed by atoms with Gasteiger partial charge in [0.15, 0.2) is 11.5 Å². The molecular weight excluding hydrogens is 232 g/mol. The molecular formula is C13H16N2O3. The first-order chi connectivity index (χ1) is 8.83. The summed E-state index contributed by atoms with van der Waals surface area (Å²) in [7, 11) is 0. The topological polar surface area (TPSA) is 59.6 Å². The van der Waals surface area contributed by atoms with Crippen molar-refractivity contribution in [2.75, 3.05) is 13.2 Å². The highest BCUT2D eigenvalue weighted by Gasteiger charge is 2.23. The number of carbonyl (C=O) groups excluding carboxylic acids is 1. The molecule has 1 aliphatic heterocycles. The summed E-state index contributed by atoms with van der Waals surface area (Å²) >= 11 is 0. The second-order valence-corrected chi connectivity index (χ2v) is 4.54. The lowest BCUT2D eigenvalue weighted by Gasteiger charge is -2.21. The third-order valence-electron chi connectivity index (χ3n) is 3.00. The molecule has 0 bridgehead atoms. The minimum Gasteiger partial charge on any atom is -0.486 e. The maximum atomic E-state index is 11.5. The Bertz CT molecular complexity index is 458. The zero-order chi connectivity index (χ0) is 12.4. The van der Waals surface area contributed by atoms with E-state index >= 15 is 0 Å². The first kappa shape index (κ1) is 11.2. The first-order valence-corrected chi connectivity index (χ1v) is 6.25. The van der Waals surface area contributed by atoms with Crippen molar-refractivity contribution in [2.45, 2.75) is 25.4 Å².